The molecule has 3 rings (SSSR count). The molecule has 0 fully saturated rings. The number of hydrogen-bond donors (Lipinski definition) is 1. The molecule has 22 heavy (non-hydrogen) atoms. The third kappa shape index (κ3) is 2.68. The van der Waals surface area contributed by atoms with Gasteiger partial charge in [-0.25, -0.2) is 0 Å². The summed E-state index contributed by atoms with van der Waals surface area (Å²) in [4.78, 5) is 0. The molecule has 0 saturated carbocycles. The van der Waals surface area contributed by atoms with Crippen molar-refractivity contribution < 1.29 is 4.74 Å². The molecular formula is C16H9Cl4NO. The van der Waals surface area contributed by atoms with E-state index >= 15 is 0 Å². The second kappa shape index (κ2) is 6.05. The van der Waals surface area contributed by atoms with E-state index in [1.807, 2.05) is 24.3 Å². The van der Waals surface area contributed by atoms with E-state index in [-0.39, 0.29) is 20.8 Å². The summed E-state index contributed by atoms with van der Waals surface area (Å²) >= 11 is 24.6. The van der Waals surface area contributed by atoms with Crippen LogP contribution in [0.3, 0.4) is 0 Å². The lowest BCUT2D eigenvalue weighted by Gasteiger charge is -2.14. The van der Waals surface area contributed by atoms with Crippen LogP contribution in [0.5, 0.6) is 11.5 Å². The van der Waals surface area contributed by atoms with Crippen molar-refractivity contribution in [1.29, 1.82) is 0 Å². The Bertz CT molecular complexity index is 880. The average molecular weight is 373 g/mol. The van der Waals surface area contributed by atoms with Gasteiger partial charge in [0.1, 0.15) is 10.8 Å². The zero-order chi connectivity index (χ0) is 15.9. The number of nitrogens with two attached hydrogens (primary N) is 1. The Morgan fingerprint density at radius 1 is 0.773 bits per heavy atom. The van der Waals surface area contributed by atoms with E-state index in [1.165, 1.54) is 6.07 Å². The first-order valence-corrected chi connectivity index (χ1v) is 7.78. The molecule has 0 aliphatic heterocycles. The van der Waals surface area contributed by atoms with E-state index in [0.29, 0.717) is 16.5 Å². The van der Waals surface area contributed by atoms with Gasteiger partial charge in [0.05, 0.1) is 15.7 Å². The van der Waals surface area contributed by atoms with Crippen LogP contribution in [0.15, 0.2) is 42.5 Å². The van der Waals surface area contributed by atoms with E-state index in [4.69, 9.17) is 56.9 Å². The molecule has 0 aromatic heterocycles. The topological polar surface area (TPSA) is 35.2 Å². The molecule has 2 N–H and O–H groups in total. The maximum Gasteiger partial charge on any atom is 0.166 e. The SMILES string of the molecule is Nc1cc(Cl)c(Oc2ccc(Cl)c3ccccc23)c(Cl)c1Cl. The van der Waals surface area contributed by atoms with Crippen LogP contribution < -0.4 is 10.5 Å². The lowest BCUT2D eigenvalue weighted by molar-refractivity contribution is 0.489. The first-order valence-electron chi connectivity index (χ1n) is 6.27. The van der Waals surface area contributed by atoms with Crippen LogP contribution in [-0.2, 0) is 0 Å². The molecular weight excluding hydrogens is 364 g/mol. The summed E-state index contributed by atoms with van der Waals surface area (Å²) in [5.74, 6) is 0.833. The normalized spacial score (nSPS) is 10.9. The second-order valence-electron chi connectivity index (χ2n) is 4.60. The van der Waals surface area contributed by atoms with Crippen molar-refractivity contribution in [2.75, 3.05) is 5.73 Å². The van der Waals surface area contributed by atoms with E-state index in [9.17, 15) is 0 Å². The fourth-order valence-corrected chi connectivity index (χ4v) is 3.04. The summed E-state index contributed by atoms with van der Waals surface area (Å²) in [6.45, 7) is 0. The van der Waals surface area contributed by atoms with E-state index < -0.39 is 0 Å². The van der Waals surface area contributed by atoms with Gasteiger partial charge in [-0.3, -0.25) is 0 Å². The number of nitrogen functional groups attached to an aromatic ring is 1. The Balaban J connectivity index is 2.16. The highest BCUT2D eigenvalue weighted by molar-refractivity contribution is 6.46. The van der Waals surface area contributed by atoms with Crippen LogP contribution in [0.2, 0.25) is 20.1 Å². The van der Waals surface area contributed by atoms with Crippen molar-refractivity contribution in [2.45, 2.75) is 0 Å². The Hall–Kier alpha value is -1.32. The molecule has 0 aliphatic rings. The molecule has 0 bridgehead atoms. The Labute approximate surface area is 147 Å². The Morgan fingerprint density at radius 2 is 1.45 bits per heavy atom. The van der Waals surface area contributed by atoms with Crippen LogP contribution in [0.1, 0.15) is 0 Å². The molecule has 0 saturated heterocycles. The van der Waals surface area contributed by atoms with Gasteiger partial charge in [-0.1, -0.05) is 70.7 Å². The smallest absolute Gasteiger partial charge is 0.166 e. The summed E-state index contributed by atoms with van der Waals surface area (Å²) in [7, 11) is 0. The summed E-state index contributed by atoms with van der Waals surface area (Å²) < 4.78 is 5.88. The van der Waals surface area contributed by atoms with Gasteiger partial charge in [0.2, 0.25) is 0 Å². The van der Waals surface area contributed by atoms with Crippen molar-refractivity contribution >= 4 is 62.9 Å². The lowest BCUT2D eigenvalue weighted by Crippen LogP contribution is -1.93. The van der Waals surface area contributed by atoms with Crippen LogP contribution in [-0.4, -0.2) is 0 Å². The highest BCUT2D eigenvalue weighted by Crippen LogP contribution is 2.45. The minimum Gasteiger partial charge on any atom is -0.454 e. The number of anilines is 1. The van der Waals surface area contributed by atoms with Gasteiger partial charge in [0.15, 0.2) is 5.75 Å². The molecule has 0 heterocycles. The average Bonchev–Trinajstić information content (AvgIpc) is 2.52. The van der Waals surface area contributed by atoms with Crippen molar-refractivity contribution in [3.8, 4) is 11.5 Å². The standard InChI is InChI=1S/C16H9Cl4NO/c17-10-5-6-13(9-4-2-1-3-8(9)10)22-16-11(18)7-12(21)14(19)15(16)20/h1-7H,21H2. The number of ether oxygens (including phenoxy) is 1. The molecule has 0 spiro atoms. The third-order valence-electron chi connectivity index (χ3n) is 3.19. The largest absolute Gasteiger partial charge is 0.454 e. The van der Waals surface area contributed by atoms with Crippen LogP contribution >= 0.6 is 46.4 Å². The molecule has 3 aromatic carbocycles. The van der Waals surface area contributed by atoms with Gasteiger partial charge in [-0.2, -0.15) is 0 Å². The molecule has 3 aromatic rings. The molecule has 112 valence electrons. The summed E-state index contributed by atoms with van der Waals surface area (Å²) in [5.41, 5.74) is 6.02. The fourth-order valence-electron chi connectivity index (χ4n) is 2.12. The number of hydrogen-bond acceptors (Lipinski definition) is 2. The predicted octanol–water partition coefficient (Wildman–Crippen LogP) is 6.83. The summed E-state index contributed by atoms with van der Waals surface area (Å²) in [5, 5.41) is 3.01. The van der Waals surface area contributed by atoms with Crippen molar-refractivity contribution in [3.63, 3.8) is 0 Å². The summed E-state index contributed by atoms with van der Waals surface area (Å²) in [6, 6.07) is 12.6. The number of rotatable bonds is 2. The van der Waals surface area contributed by atoms with Gasteiger partial charge in [-0.15, -0.1) is 0 Å². The van der Waals surface area contributed by atoms with Crippen molar-refractivity contribution in [1.82, 2.24) is 0 Å². The summed E-state index contributed by atoms with van der Waals surface area (Å²) in [6.07, 6.45) is 0. The molecule has 2 nitrogen and oxygen atoms in total. The maximum atomic E-state index is 6.20. The van der Waals surface area contributed by atoms with E-state index in [2.05, 4.69) is 0 Å². The van der Waals surface area contributed by atoms with Crippen molar-refractivity contribution in [3.05, 3.63) is 62.6 Å². The lowest BCUT2D eigenvalue weighted by atomic mass is 10.1. The van der Waals surface area contributed by atoms with Crippen LogP contribution in [0, 0.1) is 0 Å². The quantitative estimate of drug-likeness (QED) is 0.395. The molecule has 6 heteroatoms. The fraction of sp³-hybridized carbons (Fsp3) is 0. The highest BCUT2D eigenvalue weighted by Gasteiger charge is 2.16. The number of fused-ring (bicyclic) bond motifs is 1. The predicted molar refractivity (Wildman–Crippen MR) is 94.9 cm³/mol. The molecule has 0 aliphatic carbocycles. The molecule has 0 amide bonds. The van der Waals surface area contributed by atoms with Crippen LogP contribution in [0.4, 0.5) is 5.69 Å². The first kappa shape index (κ1) is 15.6. The third-order valence-corrected chi connectivity index (χ3v) is 4.66. The zero-order valence-electron chi connectivity index (χ0n) is 11.0. The first-order chi connectivity index (χ1) is 10.5. The van der Waals surface area contributed by atoms with Crippen molar-refractivity contribution in [2.24, 2.45) is 0 Å². The minimum absolute atomic E-state index is 0.172. The van der Waals surface area contributed by atoms with Gasteiger partial charge in [0, 0.05) is 15.8 Å². The molecule has 0 radical (unpaired) electrons. The van der Waals surface area contributed by atoms with E-state index in [1.54, 1.807) is 12.1 Å². The number of halogens is 4. The molecule has 0 atom stereocenters. The van der Waals surface area contributed by atoms with E-state index in [0.717, 1.165) is 10.8 Å². The maximum absolute atomic E-state index is 6.20. The van der Waals surface area contributed by atoms with Crippen LogP contribution in [0.25, 0.3) is 10.8 Å². The van der Waals surface area contributed by atoms with Gasteiger partial charge in [0.25, 0.3) is 0 Å². The zero-order valence-corrected chi connectivity index (χ0v) is 14.1. The molecule has 0 unspecified atom stereocenters. The minimum atomic E-state index is 0.172. The van der Waals surface area contributed by atoms with Gasteiger partial charge < -0.3 is 10.5 Å². The monoisotopic (exact) mass is 371 g/mol. The Kier molecular flexibility index (Phi) is 4.28. The second-order valence-corrected chi connectivity index (χ2v) is 6.17. The van der Waals surface area contributed by atoms with Gasteiger partial charge >= 0.3 is 0 Å². The van der Waals surface area contributed by atoms with Gasteiger partial charge in [-0.05, 0) is 18.2 Å². The number of benzene rings is 3. The highest BCUT2D eigenvalue weighted by atomic mass is 35.5. The Morgan fingerprint density at radius 3 is 2.18 bits per heavy atom.